The topological polar surface area (TPSA) is 82.5 Å². The maximum absolute atomic E-state index is 13.3. The van der Waals surface area contributed by atoms with Crippen LogP contribution in [0.3, 0.4) is 0 Å². The van der Waals surface area contributed by atoms with Crippen molar-refractivity contribution < 1.29 is 24.2 Å². The number of benzene rings is 1. The lowest BCUT2D eigenvalue weighted by Gasteiger charge is -2.32. The molecule has 0 saturated heterocycles. The van der Waals surface area contributed by atoms with Crippen LogP contribution < -0.4 is 4.74 Å². The Morgan fingerprint density at radius 1 is 1.02 bits per heavy atom. The van der Waals surface area contributed by atoms with Crippen LogP contribution >= 0.6 is 11.8 Å². The number of hydrogen-bond donors (Lipinski definition) is 1. The Morgan fingerprint density at radius 2 is 1.71 bits per heavy atom. The molecule has 0 saturated carbocycles. The summed E-state index contributed by atoms with van der Waals surface area (Å²) in [6, 6.07) is 6.83. The van der Waals surface area contributed by atoms with Crippen molar-refractivity contribution in [1.82, 2.24) is 14.7 Å². The molecule has 1 amide bonds. The highest BCUT2D eigenvalue weighted by atomic mass is 32.2. The summed E-state index contributed by atoms with van der Waals surface area (Å²) in [4.78, 5) is 29.2. The number of hydrogen-bond acceptors (Lipinski definition) is 7. The molecule has 3 rings (SSSR count). The van der Waals surface area contributed by atoms with Crippen molar-refractivity contribution in [3.05, 3.63) is 65.0 Å². The summed E-state index contributed by atoms with van der Waals surface area (Å²) in [7, 11) is 4.18. The van der Waals surface area contributed by atoms with Gasteiger partial charge >= 0.3 is 5.30 Å². The first-order valence-corrected chi connectivity index (χ1v) is 20.4. The van der Waals surface area contributed by atoms with Crippen molar-refractivity contribution in [2.75, 3.05) is 66.3 Å². The van der Waals surface area contributed by atoms with Gasteiger partial charge in [0, 0.05) is 43.6 Å². The molecular weight excluding hydrogens is 659 g/mol. The Labute approximate surface area is 315 Å². The maximum Gasteiger partial charge on any atom is 0.364 e. The first-order valence-electron chi connectivity index (χ1n) is 19.2. The zero-order valence-corrected chi connectivity index (χ0v) is 34.7. The number of thioether (sulfide) groups is 1. The molecule has 0 bridgehead atoms. The monoisotopic (exact) mass is 730 g/mol. The Balaban J connectivity index is 0.000000584. The lowest BCUT2D eigenvalue weighted by Crippen LogP contribution is -2.45. The van der Waals surface area contributed by atoms with Crippen LogP contribution in [0.2, 0.25) is 0 Å². The van der Waals surface area contributed by atoms with E-state index in [-0.39, 0.29) is 5.91 Å². The molecule has 2 atom stereocenters. The summed E-state index contributed by atoms with van der Waals surface area (Å²) in [5.74, 6) is 2.88. The summed E-state index contributed by atoms with van der Waals surface area (Å²) in [5.41, 5.74) is 5.51. The second-order valence-corrected chi connectivity index (χ2v) is 15.1. The van der Waals surface area contributed by atoms with Crippen molar-refractivity contribution >= 4 is 23.0 Å². The maximum atomic E-state index is 13.3. The van der Waals surface area contributed by atoms with Gasteiger partial charge in [0.1, 0.15) is 5.75 Å². The molecule has 0 radical (unpaired) electrons. The fraction of sp³-hybridized carbons (Fsp3) is 0.667. The molecular formula is C42H71N3O5S. The molecule has 0 aromatic heterocycles. The summed E-state index contributed by atoms with van der Waals surface area (Å²) < 4.78 is 11.3. The Bertz CT molecular complexity index is 1240. The molecule has 0 aliphatic carbocycles. The molecule has 1 aromatic rings. The SMILES string of the molecule is CCCCN(CCCN(C)C)C(=O)CN(CC(C)C1=C/C=C/OCC\C(C(C)C)=C\1)C(C)C.CCc1cccc2c1OCC2CC.CSC(=O)O. The Hall–Kier alpha value is -2.75. The van der Waals surface area contributed by atoms with E-state index in [0.29, 0.717) is 30.3 Å². The first kappa shape index (κ1) is 46.3. The Kier molecular flexibility index (Phi) is 23.7. The lowest BCUT2D eigenvalue weighted by molar-refractivity contribution is -0.133. The van der Waals surface area contributed by atoms with Crippen LogP contribution in [0.1, 0.15) is 105 Å². The van der Waals surface area contributed by atoms with E-state index in [1.165, 1.54) is 34.9 Å². The standard InChI is InChI=1S/C28H51N3O2.C12H16O.C2H4O2S/c1-9-10-16-30(17-12-15-29(7)8)28(32)22-31(24(4)5)21-25(6)27-13-11-18-33-19-14-26(20-27)23(2)3;1-3-9-6-5-7-11-10(4-2)8-13-12(9)11;1-5-2(3)4/h11,13,18,20,23-25H,9-10,12,14-17,19,21-22H2,1-8H3;5-7,10H,3-4,8H2,1-2H3;1H3,(H,3,4)/b18-11+,26-20-,27-13+;;. The van der Waals surface area contributed by atoms with Crippen LogP contribution in [0.25, 0.3) is 0 Å². The third-order valence-corrected chi connectivity index (χ3v) is 9.77. The number of unbranched alkanes of at least 4 members (excludes halogenated alkanes) is 1. The highest BCUT2D eigenvalue weighted by Crippen LogP contribution is 2.38. The number of fused-ring (bicyclic) bond motifs is 1. The molecule has 51 heavy (non-hydrogen) atoms. The van der Waals surface area contributed by atoms with Gasteiger partial charge in [-0.2, -0.15) is 0 Å². The van der Waals surface area contributed by atoms with Gasteiger partial charge in [0.15, 0.2) is 0 Å². The third kappa shape index (κ3) is 18.0. The van der Waals surface area contributed by atoms with Crippen LogP contribution in [0.4, 0.5) is 4.79 Å². The molecule has 1 aromatic carbocycles. The van der Waals surface area contributed by atoms with Crippen molar-refractivity contribution in [3.63, 3.8) is 0 Å². The molecule has 0 fully saturated rings. The predicted molar refractivity (Wildman–Crippen MR) is 217 cm³/mol. The van der Waals surface area contributed by atoms with E-state index in [9.17, 15) is 9.59 Å². The average molecular weight is 730 g/mol. The van der Waals surface area contributed by atoms with Gasteiger partial charge in [-0.15, -0.1) is 0 Å². The van der Waals surface area contributed by atoms with Gasteiger partial charge in [-0.3, -0.25) is 9.69 Å². The van der Waals surface area contributed by atoms with Crippen molar-refractivity contribution in [2.45, 2.75) is 106 Å². The van der Waals surface area contributed by atoms with Gasteiger partial charge < -0.3 is 24.4 Å². The van der Waals surface area contributed by atoms with Crippen LogP contribution in [0.15, 0.2) is 53.8 Å². The number of allylic oxidation sites excluding steroid dienone is 3. The second kappa shape index (κ2) is 26.1. The molecule has 2 aliphatic rings. The molecule has 8 nitrogen and oxygen atoms in total. The van der Waals surface area contributed by atoms with E-state index >= 15 is 0 Å². The number of rotatable bonds is 16. The Morgan fingerprint density at radius 3 is 2.27 bits per heavy atom. The van der Waals surface area contributed by atoms with E-state index in [1.54, 1.807) is 6.26 Å². The first-order chi connectivity index (χ1) is 24.3. The van der Waals surface area contributed by atoms with Crippen LogP contribution in [0.5, 0.6) is 5.75 Å². The van der Waals surface area contributed by atoms with E-state index in [2.05, 4.69) is 115 Å². The molecule has 290 valence electrons. The summed E-state index contributed by atoms with van der Waals surface area (Å²) in [5, 5.41) is 6.86. The molecule has 1 N–H and O–H groups in total. The number of ether oxygens (including phenoxy) is 2. The fourth-order valence-electron chi connectivity index (χ4n) is 6.02. The zero-order valence-electron chi connectivity index (χ0n) is 33.9. The summed E-state index contributed by atoms with van der Waals surface area (Å²) >= 11 is 0.796. The number of nitrogens with zero attached hydrogens (tertiary/aromatic N) is 3. The molecule has 2 heterocycles. The van der Waals surface area contributed by atoms with Gasteiger partial charge in [-0.25, -0.2) is 4.79 Å². The predicted octanol–water partition coefficient (Wildman–Crippen LogP) is 9.52. The highest BCUT2D eigenvalue weighted by molar-refractivity contribution is 8.12. The van der Waals surface area contributed by atoms with Crippen molar-refractivity contribution in [1.29, 1.82) is 0 Å². The van der Waals surface area contributed by atoms with Crippen molar-refractivity contribution in [2.24, 2.45) is 11.8 Å². The van der Waals surface area contributed by atoms with E-state index in [4.69, 9.17) is 14.6 Å². The minimum absolute atomic E-state index is 0.262. The van der Waals surface area contributed by atoms with Crippen molar-refractivity contribution in [3.8, 4) is 5.75 Å². The number of amides is 1. The molecule has 2 unspecified atom stereocenters. The summed E-state index contributed by atoms with van der Waals surface area (Å²) in [6.07, 6.45) is 16.3. The molecule has 2 aliphatic heterocycles. The average Bonchev–Trinajstić information content (AvgIpc) is 3.57. The van der Waals surface area contributed by atoms with Crippen LogP contribution in [-0.4, -0.2) is 103 Å². The largest absolute Gasteiger partial charge is 0.501 e. The minimum atomic E-state index is -0.829. The smallest absolute Gasteiger partial charge is 0.364 e. The highest BCUT2D eigenvalue weighted by Gasteiger charge is 2.24. The second-order valence-electron chi connectivity index (χ2n) is 14.4. The number of carboxylic acid groups (broad SMARTS) is 1. The van der Waals surface area contributed by atoms with Crippen LogP contribution in [-0.2, 0) is 16.0 Å². The van der Waals surface area contributed by atoms with Gasteiger partial charge in [0.2, 0.25) is 5.91 Å². The van der Waals surface area contributed by atoms with Gasteiger partial charge in [0.05, 0.1) is 26.0 Å². The van der Waals surface area contributed by atoms with E-state index in [1.807, 2.05) is 6.08 Å². The third-order valence-electron chi connectivity index (χ3n) is 9.42. The number of carbonyl (C=O) groups excluding carboxylic acids is 1. The number of aryl methyl sites for hydroxylation is 1. The lowest BCUT2D eigenvalue weighted by atomic mass is 9.92. The van der Waals surface area contributed by atoms with Crippen LogP contribution in [0, 0.1) is 11.8 Å². The molecule has 9 heteroatoms. The minimum Gasteiger partial charge on any atom is -0.501 e. The van der Waals surface area contributed by atoms with E-state index in [0.717, 1.165) is 89.0 Å². The van der Waals surface area contributed by atoms with E-state index < -0.39 is 5.30 Å². The zero-order chi connectivity index (χ0) is 38.3. The van der Waals surface area contributed by atoms with Gasteiger partial charge in [-0.05, 0) is 107 Å². The van der Waals surface area contributed by atoms with Gasteiger partial charge in [0.25, 0.3) is 0 Å². The summed E-state index contributed by atoms with van der Waals surface area (Å²) in [6.45, 7) is 23.4. The number of carbonyl (C=O) groups is 2. The normalized spacial score (nSPS) is 18.6. The molecule has 0 spiro atoms. The quantitative estimate of drug-likeness (QED) is 0.180. The number of para-hydroxylation sites is 1. The fourth-order valence-corrected chi connectivity index (χ4v) is 6.02. The van der Waals surface area contributed by atoms with Gasteiger partial charge in [-0.1, -0.05) is 83.9 Å².